The molecule has 0 unspecified atom stereocenters. The first-order valence-corrected chi connectivity index (χ1v) is 9.14. The largest absolute Gasteiger partial charge is 0.121 e. The van der Waals surface area contributed by atoms with Crippen LogP contribution in [0.25, 0.3) is 5.57 Å². The van der Waals surface area contributed by atoms with Crippen molar-refractivity contribution in [2.24, 2.45) is 11.8 Å². The molecule has 1 heteroatoms. The molecular formula is C20H30S. The summed E-state index contributed by atoms with van der Waals surface area (Å²) in [5.74, 6) is 1.78. The number of hydrogen-bond donors (Lipinski definition) is 0. The number of aryl methyl sites for hydroxylation is 1. The third kappa shape index (κ3) is 3.08. The fraction of sp³-hybridized carbons (Fsp3) is 0.600. The highest BCUT2D eigenvalue weighted by molar-refractivity contribution is 8.00. The molecule has 1 heterocycles. The molecular weight excluding hydrogens is 272 g/mol. The van der Waals surface area contributed by atoms with Gasteiger partial charge in [0.25, 0.3) is 0 Å². The molecule has 0 spiro atoms. The standard InChI is InChI=1S/C20H30S/c1-11(2)17-9-13(5)15(7)20-19(17)18(12(3)4)10-14(6)16(8)21-20/h9-12,14,16H,1-8H3/t14-,16-/m1/s1. The van der Waals surface area contributed by atoms with Crippen LogP contribution in [-0.4, -0.2) is 5.25 Å². The molecule has 21 heavy (non-hydrogen) atoms. The molecule has 0 bridgehead atoms. The van der Waals surface area contributed by atoms with E-state index in [1.807, 2.05) is 0 Å². The molecule has 0 saturated carbocycles. The van der Waals surface area contributed by atoms with Crippen LogP contribution in [0.1, 0.15) is 69.7 Å². The zero-order chi connectivity index (χ0) is 15.9. The fourth-order valence-electron chi connectivity index (χ4n) is 3.09. The van der Waals surface area contributed by atoms with E-state index in [-0.39, 0.29) is 0 Å². The van der Waals surface area contributed by atoms with Gasteiger partial charge in [0, 0.05) is 10.1 Å². The summed E-state index contributed by atoms with van der Waals surface area (Å²) in [4.78, 5) is 1.54. The molecule has 1 aromatic carbocycles. The number of hydrogen-bond acceptors (Lipinski definition) is 1. The lowest BCUT2D eigenvalue weighted by atomic mass is 9.83. The smallest absolute Gasteiger partial charge is 0.0185 e. The first kappa shape index (κ1) is 16.7. The number of rotatable bonds is 2. The number of thioether (sulfide) groups is 1. The Labute approximate surface area is 135 Å². The van der Waals surface area contributed by atoms with E-state index in [0.717, 1.165) is 0 Å². The summed E-state index contributed by atoms with van der Waals surface area (Å²) in [6.45, 7) is 18.6. The van der Waals surface area contributed by atoms with Gasteiger partial charge in [-0.25, -0.2) is 0 Å². The van der Waals surface area contributed by atoms with Gasteiger partial charge in [-0.05, 0) is 59.4 Å². The highest BCUT2D eigenvalue weighted by atomic mass is 32.2. The molecule has 0 radical (unpaired) electrons. The Hall–Kier alpha value is -0.690. The molecule has 0 nitrogen and oxygen atoms in total. The summed E-state index contributed by atoms with van der Waals surface area (Å²) in [5, 5.41) is 0.639. The molecule has 0 fully saturated rings. The maximum Gasteiger partial charge on any atom is 0.0185 e. The van der Waals surface area contributed by atoms with Gasteiger partial charge in [0.15, 0.2) is 0 Å². The van der Waals surface area contributed by atoms with E-state index < -0.39 is 0 Å². The molecule has 1 aromatic rings. The Morgan fingerprint density at radius 1 is 1.00 bits per heavy atom. The van der Waals surface area contributed by atoms with Crippen molar-refractivity contribution >= 4 is 17.3 Å². The third-order valence-corrected chi connectivity index (χ3v) is 6.39. The van der Waals surface area contributed by atoms with Crippen molar-refractivity contribution in [1.82, 2.24) is 0 Å². The summed E-state index contributed by atoms with van der Waals surface area (Å²) in [6, 6.07) is 2.43. The zero-order valence-corrected chi connectivity index (χ0v) is 15.7. The molecule has 0 N–H and O–H groups in total. The minimum absolute atomic E-state index is 0.574. The Morgan fingerprint density at radius 3 is 2.14 bits per heavy atom. The fourth-order valence-corrected chi connectivity index (χ4v) is 4.44. The molecule has 0 aliphatic carbocycles. The summed E-state index contributed by atoms with van der Waals surface area (Å²) in [5.41, 5.74) is 7.55. The van der Waals surface area contributed by atoms with Crippen LogP contribution < -0.4 is 0 Å². The van der Waals surface area contributed by atoms with Crippen molar-refractivity contribution in [1.29, 1.82) is 0 Å². The second kappa shape index (κ2) is 6.20. The van der Waals surface area contributed by atoms with Crippen molar-refractivity contribution in [3.8, 4) is 0 Å². The van der Waals surface area contributed by atoms with Crippen LogP contribution in [0, 0.1) is 25.7 Å². The van der Waals surface area contributed by atoms with Gasteiger partial charge in [0.1, 0.15) is 0 Å². The van der Waals surface area contributed by atoms with Gasteiger partial charge in [0.05, 0.1) is 0 Å². The first-order valence-electron chi connectivity index (χ1n) is 8.26. The number of allylic oxidation sites excluding steroid dienone is 2. The number of benzene rings is 1. The van der Waals surface area contributed by atoms with E-state index in [0.29, 0.717) is 23.0 Å². The van der Waals surface area contributed by atoms with Gasteiger partial charge in [-0.1, -0.05) is 53.7 Å². The molecule has 2 atom stereocenters. The van der Waals surface area contributed by atoms with E-state index >= 15 is 0 Å². The highest BCUT2D eigenvalue weighted by Crippen LogP contribution is 2.46. The summed E-state index contributed by atoms with van der Waals surface area (Å²) < 4.78 is 0. The van der Waals surface area contributed by atoms with E-state index in [1.165, 1.54) is 21.6 Å². The monoisotopic (exact) mass is 302 g/mol. The molecule has 0 saturated heterocycles. The topological polar surface area (TPSA) is 0 Å². The minimum Gasteiger partial charge on any atom is -0.121 e. The van der Waals surface area contributed by atoms with Crippen LogP contribution in [0.15, 0.2) is 17.0 Å². The van der Waals surface area contributed by atoms with E-state index in [9.17, 15) is 0 Å². The maximum absolute atomic E-state index is 2.54. The van der Waals surface area contributed by atoms with Crippen LogP contribution in [0.4, 0.5) is 0 Å². The maximum atomic E-state index is 2.54. The minimum atomic E-state index is 0.574. The predicted octanol–water partition coefficient (Wildman–Crippen LogP) is 6.60. The quantitative estimate of drug-likeness (QED) is 0.593. The Morgan fingerprint density at radius 2 is 1.62 bits per heavy atom. The SMILES string of the molecule is Cc1cc(C(C)C)c2c(c1C)S[C@H](C)[C@H](C)C=C2C(C)C. The lowest BCUT2D eigenvalue weighted by Gasteiger charge is -2.24. The molecule has 0 amide bonds. The van der Waals surface area contributed by atoms with Crippen molar-refractivity contribution in [2.45, 2.75) is 71.5 Å². The van der Waals surface area contributed by atoms with Gasteiger partial charge in [-0.2, -0.15) is 0 Å². The van der Waals surface area contributed by atoms with Crippen molar-refractivity contribution < 1.29 is 0 Å². The second-order valence-corrected chi connectivity index (χ2v) is 8.61. The van der Waals surface area contributed by atoms with Crippen LogP contribution in [0.3, 0.4) is 0 Å². The second-order valence-electron chi connectivity index (χ2n) is 7.23. The molecule has 0 aromatic heterocycles. The van der Waals surface area contributed by atoms with E-state index in [4.69, 9.17) is 0 Å². The van der Waals surface area contributed by atoms with Gasteiger partial charge in [0.2, 0.25) is 0 Å². The molecule has 2 rings (SSSR count). The normalized spacial score (nSPS) is 22.3. The van der Waals surface area contributed by atoms with E-state index in [2.05, 4.69) is 79.3 Å². The van der Waals surface area contributed by atoms with Crippen molar-refractivity contribution in [3.63, 3.8) is 0 Å². The summed E-state index contributed by atoms with van der Waals surface area (Å²) >= 11 is 2.08. The Bertz CT molecular complexity index is 564. The zero-order valence-electron chi connectivity index (χ0n) is 14.9. The lowest BCUT2D eigenvalue weighted by molar-refractivity contribution is 0.711. The molecule has 1 aliphatic heterocycles. The first-order chi connectivity index (χ1) is 9.73. The van der Waals surface area contributed by atoms with Crippen LogP contribution in [0.5, 0.6) is 0 Å². The Kier molecular flexibility index (Phi) is 4.92. The van der Waals surface area contributed by atoms with Crippen LogP contribution in [-0.2, 0) is 0 Å². The molecule has 116 valence electrons. The predicted molar refractivity (Wildman–Crippen MR) is 97.3 cm³/mol. The van der Waals surface area contributed by atoms with Gasteiger partial charge in [-0.15, -0.1) is 11.8 Å². The van der Waals surface area contributed by atoms with Crippen molar-refractivity contribution in [3.05, 3.63) is 34.4 Å². The van der Waals surface area contributed by atoms with Gasteiger partial charge < -0.3 is 0 Å². The van der Waals surface area contributed by atoms with Gasteiger partial charge in [-0.3, -0.25) is 0 Å². The molecule has 1 aliphatic rings. The van der Waals surface area contributed by atoms with Crippen LogP contribution >= 0.6 is 11.8 Å². The number of fused-ring (bicyclic) bond motifs is 1. The third-order valence-electron chi connectivity index (χ3n) is 4.84. The van der Waals surface area contributed by atoms with Gasteiger partial charge >= 0.3 is 0 Å². The highest BCUT2D eigenvalue weighted by Gasteiger charge is 2.27. The average Bonchev–Trinajstić information content (AvgIpc) is 2.52. The summed E-state index contributed by atoms with van der Waals surface area (Å²) in [6.07, 6.45) is 2.54. The van der Waals surface area contributed by atoms with Crippen LogP contribution in [0.2, 0.25) is 0 Å². The Balaban J connectivity index is 2.81. The van der Waals surface area contributed by atoms with E-state index in [1.54, 1.807) is 11.1 Å². The average molecular weight is 303 g/mol. The summed E-state index contributed by atoms with van der Waals surface area (Å²) in [7, 11) is 0. The lowest BCUT2D eigenvalue weighted by Crippen LogP contribution is -2.06. The van der Waals surface area contributed by atoms with Crippen molar-refractivity contribution in [2.75, 3.05) is 0 Å².